The molecule has 1 aliphatic heterocycles. The van der Waals surface area contributed by atoms with Crippen LogP contribution in [0.5, 0.6) is 11.5 Å². The van der Waals surface area contributed by atoms with E-state index in [0.29, 0.717) is 30.5 Å². The number of fused-ring (bicyclic) bond motifs is 1. The predicted octanol–water partition coefficient (Wildman–Crippen LogP) is 1.01. The SMILES string of the molecule is COc1ccc(CC(=O)NCCC2C=c3ccc(OC)cc3=NC2=O)cc1. The number of rotatable bonds is 7. The maximum atomic E-state index is 12.2. The first-order valence-corrected chi connectivity index (χ1v) is 8.77. The number of carbonyl (C=O) groups excluding carboxylic acids is 2. The summed E-state index contributed by atoms with van der Waals surface area (Å²) < 4.78 is 10.3. The number of benzene rings is 2. The largest absolute Gasteiger partial charge is 0.497 e. The summed E-state index contributed by atoms with van der Waals surface area (Å²) in [6.07, 6.45) is 2.71. The maximum absolute atomic E-state index is 12.2. The standard InChI is InChI=1S/C21H22N2O4/c1-26-17-6-3-14(4-7-17)11-20(24)22-10-9-16-12-15-5-8-18(27-2)13-19(15)23-21(16)25/h3-8,12-13,16H,9-11H2,1-2H3,(H,22,24). The van der Waals surface area contributed by atoms with Gasteiger partial charge in [0.2, 0.25) is 5.91 Å². The summed E-state index contributed by atoms with van der Waals surface area (Å²) in [6.45, 7) is 0.420. The second-order valence-electron chi connectivity index (χ2n) is 6.31. The number of nitrogens with zero attached hydrogens (tertiary/aromatic N) is 1. The molecule has 1 aliphatic rings. The number of hydrogen-bond donors (Lipinski definition) is 1. The molecule has 0 spiro atoms. The summed E-state index contributed by atoms with van der Waals surface area (Å²) in [6, 6.07) is 12.9. The van der Waals surface area contributed by atoms with Crippen molar-refractivity contribution in [3.8, 4) is 11.5 Å². The summed E-state index contributed by atoms with van der Waals surface area (Å²) in [5.74, 6) is 0.827. The van der Waals surface area contributed by atoms with Gasteiger partial charge in [0.25, 0.3) is 5.91 Å². The summed E-state index contributed by atoms with van der Waals surface area (Å²) in [7, 11) is 3.18. The quantitative estimate of drug-likeness (QED) is 0.793. The van der Waals surface area contributed by atoms with E-state index in [4.69, 9.17) is 9.47 Å². The molecule has 0 aromatic heterocycles. The average molecular weight is 366 g/mol. The van der Waals surface area contributed by atoms with Crippen molar-refractivity contribution in [1.29, 1.82) is 0 Å². The number of carbonyl (C=O) groups is 2. The van der Waals surface area contributed by atoms with E-state index in [1.807, 2.05) is 42.5 Å². The Hall–Kier alpha value is -3.15. The van der Waals surface area contributed by atoms with Gasteiger partial charge >= 0.3 is 0 Å². The topological polar surface area (TPSA) is 77.0 Å². The van der Waals surface area contributed by atoms with E-state index in [2.05, 4.69) is 10.3 Å². The van der Waals surface area contributed by atoms with Crippen molar-refractivity contribution in [3.05, 3.63) is 58.6 Å². The molecule has 0 radical (unpaired) electrons. The molecular formula is C21H22N2O4. The Labute approximate surface area is 157 Å². The molecule has 3 rings (SSSR count). The highest BCUT2D eigenvalue weighted by Crippen LogP contribution is 2.12. The Morgan fingerprint density at radius 1 is 1.07 bits per heavy atom. The Kier molecular flexibility index (Phi) is 5.86. The number of ether oxygens (including phenoxy) is 2. The van der Waals surface area contributed by atoms with Gasteiger partial charge in [-0.15, -0.1) is 0 Å². The average Bonchev–Trinajstić information content (AvgIpc) is 2.68. The molecule has 6 nitrogen and oxygen atoms in total. The van der Waals surface area contributed by atoms with Gasteiger partial charge in [-0.2, -0.15) is 0 Å². The second-order valence-corrected chi connectivity index (χ2v) is 6.31. The van der Waals surface area contributed by atoms with Crippen LogP contribution in [-0.4, -0.2) is 32.6 Å². The normalized spacial score (nSPS) is 15.2. The van der Waals surface area contributed by atoms with Gasteiger partial charge in [-0.25, -0.2) is 4.99 Å². The van der Waals surface area contributed by atoms with Crippen LogP contribution in [0.2, 0.25) is 0 Å². The highest BCUT2D eigenvalue weighted by molar-refractivity contribution is 5.86. The molecular weight excluding hydrogens is 344 g/mol. The van der Waals surface area contributed by atoms with Crippen LogP contribution in [0.25, 0.3) is 6.08 Å². The fourth-order valence-electron chi connectivity index (χ4n) is 2.94. The van der Waals surface area contributed by atoms with Crippen molar-refractivity contribution < 1.29 is 19.1 Å². The van der Waals surface area contributed by atoms with E-state index in [9.17, 15) is 9.59 Å². The fourth-order valence-corrected chi connectivity index (χ4v) is 2.94. The van der Waals surface area contributed by atoms with Gasteiger partial charge in [-0.1, -0.05) is 18.2 Å². The first-order chi connectivity index (χ1) is 13.1. The highest BCUT2D eigenvalue weighted by Gasteiger charge is 2.18. The molecule has 1 N–H and O–H groups in total. The van der Waals surface area contributed by atoms with Crippen LogP contribution in [0.1, 0.15) is 12.0 Å². The van der Waals surface area contributed by atoms with Crippen LogP contribution in [0.3, 0.4) is 0 Å². The van der Waals surface area contributed by atoms with Crippen LogP contribution < -0.4 is 25.4 Å². The maximum Gasteiger partial charge on any atom is 0.253 e. The van der Waals surface area contributed by atoms with Crippen LogP contribution >= 0.6 is 0 Å². The molecule has 140 valence electrons. The third-order valence-corrected chi connectivity index (χ3v) is 4.47. The van der Waals surface area contributed by atoms with Crippen molar-refractivity contribution in [2.45, 2.75) is 12.8 Å². The molecule has 1 atom stereocenters. The molecule has 0 aliphatic carbocycles. The van der Waals surface area contributed by atoms with Crippen LogP contribution in [0.15, 0.2) is 47.5 Å². The zero-order chi connectivity index (χ0) is 19.2. The van der Waals surface area contributed by atoms with Crippen molar-refractivity contribution in [2.24, 2.45) is 10.9 Å². The van der Waals surface area contributed by atoms with Crippen LogP contribution in [0.4, 0.5) is 0 Å². The van der Waals surface area contributed by atoms with Crippen molar-refractivity contribution in [1.82, 2.24) is 5.32 Å². The predicted molar refractivity (Wildman–Crippen MR) is 101 cm³/mol. The molecule has 2 amide bonds. The monoisotopic (exact) mass is 366 g/mol. The van der Waals surface area contributed by atoms with E-state index < -0.39 is 0 Å². The Bertz CT molecular complexity index is 951. The van der Waals surface area contributed by atoms with Gasteiger partial charge < -0.3 is 14.8 Å². The van der Waals surface area contributed by atoms with Gasteiger partial charge in [0.15, 0.2) is 0 Å². The molecule has 2 aromatic rings. The Morgan fingerprint density at radius 2 is 1.78 bits per heavy atom. The van der Waals surface area contributed by atoms with Crippen LogP contribution in [-0.2, 0) is 16.0 Å². The lowest BCUT2D eigenvalue weighted by Crippen LogP contribution is -2.35. The zero-order valence-electron chi connectivity index (χ0n) is 15.4. The number of nitrogens with one attached hydrogen (secondary N) is 1. The minimum absolute atomic E-state index is 0.0782. The van der Waals surface area contributed by atoms with E-state index in [1.165, 1.54) is 0 Å². The molecule has 2 aromatic carbocycles. The van der Waals surface area contributed by atoms with Gasteiger partial charge in [0.05, 0.1) is 31.9 Å². The van der Waals surface area contributed by atoms with E-state index in [0.717, 1.165) is 16.5 Å². The van der Waals surface area contributed by atoms with E-state index in [-0.39, 0.29) is 17.7 Å². The van der Waals surface area contributed by atoms with E-state index in [1.54, 1.807) is 20.3 Å². The zero-order valence-corrected chi connectivity index (χ0v) is 15.4. The summed E-state index contributed by atoms with van der Waals surface area (Å²) in [4.78, 5) is 28.4. The highest BCUT2D eigenvalue weighted by atomic mass is 16.5. The number of methoxy groups -OCH3 is 2. The molecule has 0 bridgehead atoms. The minimum atomic E-state index is -0.327. The lowest BCUT2D eigenvalue weighted by atomic mass is 10.00. The summed E-state index contributed by atoms with van der Waals surface area (Å²) in [5, 5.41) is 4.40. The van der Waals surface area contributed by atoms with Gasteiger partial charge in [0, 0.05) is 12.6 Å². The van der Waals surface area contributed by atoms with Crippen LogP contribution in [0, 0.1) is 5.92 Å². The van der Waals surface area contributed by atoms with E-state index >= 15 is 0 Å². The lowest BCUT2D eigenvalue weighted by Gasteiger charge is -2.13. The second kappa shape index (κ2) is 8.49. The molecule has 0 saturated carbocycles. The Balaban J connectivity index is 1.54. The molecule has 0 saturated heterocycles. The van der Waals surface area contributed by atoms with Crippen molar-refractivity contribution in [3.63, 3.8) is 0 Å². The summed E-state index contributed by atoms with van der Waals surface area (Å²) >= 11 is 0. The van der Waals surface area contributed by atoms with Gasteiger partial charge in [-0.3, -0.25) is 9.59 Å². The van der Waals surface area contributed by atoms with Crippen molar-refractivity contribution in [2.75, 3.05) is 20.8 Å². The minimum Gasteiger partial charge on any atom is -0.497 e. The molecule has 6 heteroatoms. The number of hydrogen-bond acceptors (Lipinski definition) is 4. The third kappa shape index (κ3) is 4.73. The van der Waals surface area contributed by atoms with Gasteiger partial charge in [0.1, 0.15) is 11.5 Å². The smallest absolute Gasteiger partial charge is 0.253 e. The lowest BCUT2D eigenvalue weighted by molar-refractivity contribution is -0.122. The molecule has 0 fully saturated rings. The first kappa shape index (κ1) is 18.6. The number of amides is 2. The first-order valence-electron chi connectivity index (χ1n) is 8.77. The molecule has 1 heterocycles. The fraction of sp³-hybridized carbons (Fsp3) is 0.286. The molecule has 27 heavy (non-hydrogen) atoms. The van der Waals surface area contributed by atoms with Gasteiger partial charge in [-0.05, 0) is 41.5 Å². The third-order valence-electron chi connectivity index (χ3n) is 4.47. The summed E-state index contributed by atoms with van der Waals surface area (Å²) in [5.41, 5.74) is 0.909. The molecule has 1 unspecified atom stereocenters. The van der Waals surface area contributed by atoms with Crippen molar-refractivity contribution >= 4 is 17.9 Å². The Morgan fingerprint density at radius 3 is 2.48 bits per heavy atom.